The van der Waals surface area contributed by atoms with E-state index in [4.69, 9.17) is 11.6 Å². The first kappa shape index (κ1) is 22.9. The highest BCUT2D eigenvalue weighted by Gasteiger charge is 2.55. The van der Waals surface area contributed by atoms with E-state index in [1.165, 1.54) is 12.1 Å². The molecule has 1 aliphatic carbocycles. The number of halogens is 5. The van der Waals surface area contributed by atoms with Crippen molar-refractivity contribution < 1.29 is 18.0 Å². The van der Waals surface area contributed by atoms with E-state index in [9.17, 15) is 18.0 Å². The molecule has 2 saturated heterocycles. The van der Waals surface area contributed by atoms with E-state index in [1.54, 1.807) is 0 Å². The number of alkyl halides is 3. The van der Waals surface area contributed by atoms with Gasteiger partial charge < -0.3 is 10.6 Å². The smallest absolute Gasteiger partial charge is 0.343 e. The van der Waals surface area contributed by atoms with E-state index in [-0.39, 0.29) is 29.6 Å². The third-order valence-corrected chi connectivity index (χ3v) is 6.94. The van der Waals surface area contributed by atoms with Crippen LogP contribution in [0.25, 0.3) is 10.8 Å². The molecule has 2 heterocycles. The number of carbonyl (C=O) groups excluding carboxylic acids is 1. The summed E-state index contributed by atoms with van der Waals surface area (Å²) in [4.78, 5) is 13.1. The van der Waals surface area contributed by atoms with Crippen molar-refractivity contribution >= 4 is 40.7 Å². The maximum atomic E-state index is 13.3. The number of amides is 1. The van der Waals surface area contributed by atoms with Crippen LogP contribution in [0.5, 0.6) is 0 Å². The number of hydrogen-bond donors (Lipinski definition) is 2. The Morgan fingerprint density at radius 3 is 2.44 bits per heavy atom. The summed E-state index contributed by atoms with van der Waals surface area (Å²) in [6.45, 7) is 0.879. The summed E-state index contributed by atoms with van der Waals surface area (Å²) < 4.78 is 39.8. The molecule has 3 nitrogen and oxygen atoms in total. The molecule has 0 aromatic heterocycles. The lowest BCUT2D eigenvalue weighted by Gasteiger charge is -2.44. The Hall–Kier alpha value is -2.28. The Balaban J connectivity index is 0.00000245. The molecule has 168 valence electrons. The largest absolute Gasteiger partial charge is 0.417 e. The second kappa shape index (κ2) is 8.25. The standard InChI is InChI=1S/C24H20ClF3N2O.ClH/c25-20-18(6-3-7-19(20)24(26,27)28)22(31)30-21(23-11-14(12-23)13-29-23)17-9-8-15-4-1-2-5-16(15)10-17;/h1-10,14,21,29H,11-13H2,(H,30,31);1H. The zero-order chi connectivity index (χ0) is 21.8. The summed E-state index contributed by atoms with van der Waals surface area (Å²) in [5.74, 6) is -0.0437. The fraction of sp³-hybridized carbons (Fsp3) is 0.292. The summed E-state index contributed by atoms with van der Waals surface area (Å²) in [5, 5.41) is 8.09. The van der Waals surface area contributed by atoms with E-state index < -0.39 is 22.7 Å². The summed E-state index contributed by atoms with van der Waals surface area (Å²) in [6, 6.07) is 17.0. The summed E-state index contributed by atoms with van der Waals surface area (Å²) >= 11 is 6.00. The van der Waals surface area contributed by atoms with Gasteiger partial charge in [0.05, 0.1) is 22.2 Å². The minimum absolute atomic E-state index is 0. The average Bonchev–Trinajstić information content (AvgIpc) is 3.32. The molecule has 8 heteroatoms. The molecule has 0 spiro atoms. The van der Waals surface area contributed by atoms with Crippen LogP contribution in [0.3, 0.4) is 0 Å². The highest BCUT2D eigenvalue weighted by molar-refractivity contribution is 6.34. The van der Waals surface area contributed by atoms with Gasteiger partial charge in [-0.3, -0.25) is 4.79 Å². The van der Waals surface area contributed by atoms with Crippen molar-refractivity contribution in [1.82, 2.24) is 10.6 Å². The van der Waals surface area contributed by atoms with Gasteiger partial charge in [0.2, 0.25) is 0 Å². The zero-order valence-electron chi connectivity index (χ0n) is 16.9. The summed E-state index contributed by atoms with van der Waals surface area (Å²) in [5.41, 5.74) is -0.558. The number of hydrogen-bond acceptors (Lipinski definition) is 2. The van der Waals surface area contributed by atoms with Crippen LogP contribution in [-0.2, 0) is 6.18 Å². The van der Waals surface area contributed by atoms with Crippen LogP contribution >= 0.6 is 24.0 Å². The van der Waals surface area contributed by atoms with Crippen LogP contribution in [0.15, 0.2) is 60.7 Å². The predicted octanol–water partition coefficient (Wildman–Crippen LogP) is 6.16. The molecule has 6 rings (SSSR count). The van der Waals surface area contributed by atoms with Crippen molar-refractivity contribution in [2.24, 2.45) is 5.92 Å². The van der Waals surface area contributed by atoms with E-state index in [1.807, 2.05) is 42.5 Å². The van der Waals surface area contributed by atoms with Crippen LogP contribution in [0.4, 0.5) is 13.2 Å². The third-order valence-electron chi connectivity index (χ3n) is 6.53. The number of rotatable bonds is 4. The quantitative estimate of drug-likeness (QED) is 0.469. The second-order valence-corrected chi connectivity index (χ2v) is 8.87. The third kappa shape index (κ3) is 3.85. The van der Waals surface area contributed by atoms with Crippen molar-refractivity contribution in [3.63, 3.8) is 0 Å². The van der Waals surface area contributed by atoms with E-state index >= 15 is 0 Å². The number of fused-ring (bicyclic) bond motifs is 2. The van der Waals surface area contributed by atoms with Crippen molar-refractivity contribution in [2.45, 2.75) is 30.6 Å². The van der Waals surface area contributed by atoms with Crippen molar-refractivity contribution in [2.75, 3.05) is 6.54 Å². The molecule has 0 radical (unpaired) electrons. The maximum absolute atomic E-state index is 13.3. The van der Waals surface area contributed by atoms with Gasteiger partial charge in [-0.15, -0.1) is 12.4 Å². The molecule has 2 bridgehead atoms. The van der Waals surface area contributed by atoms with Gasteiger partial charge in [-0.25, -0.2) is 0 Å². The van der Waals surface area contributed by atoms with Crippen molar-refractivity contribution in [3.05, 3.63) is 82.4 Å². The van der Waals surface area contributed by atoms with Gasteiger partial charge >= 0.3 is 6.18 Å². The Morgan fingerprint density at radius 1 is 1.06 bits per heavy atom. The molecular weight excluding hydrogens is 460 g/mol. The molecule has 3 fully saturated rings. The van der Waals surface area contributed by atoms with Gasteiger partial charge in [0.25, 0.3) is 5.91 Å². The Bertz CT molecular complexity index is 1170. The van der Waals surface area contributed by atoms with Crippen molar-refractivity contribution in [3.8, 4) is 0 Å². The maximum Gasteiger partial charge on any atom is 0.417 e. The van der Waals surface area contributed by atoms with Gasteiger partial charge in [0.1, 0.15) is 0 Å². The molecule has 1 unspecified atom stereocenters. The Kier molecular flexibility index (Phi) is 5.90. The van der Waals surface area contributed by atoms with Gasteiger partial charge in [-0.1, -0.05) is 54.1 Å². The molecule has 3 aromatic carbocycles. The second-order valence-electron chi connectivity index (χ2n) is 8.49. The molecular formula is C24H21Cl2F3N2O. The minimum atomic E-state index is -4.63. The Labute approximate surface area is 194 Å². The Morgan fingerprint density at radius 2 is 1.78 bits per heavy atom. The lowest BCUT2D eigenvalue weighted by atomic mass is 9.67. The minimum Gasteiger partial charge on any atom is -0.343 e. The summed E-state index contributed by atoms with van der Waals surface area (Å²) in [6.07, 6.45) is -2.79. The van der Waals surface area contributed by atoms with Crippen molar-refractivity contribution in [1.29, 1.82) is 0 Å². The van der Waals surface area contributed by atoms with E-state index in [0.717, 1.165) is 41.8 Å². The zero-order valence-corrected chi connectivity index (χ0v) is 18.5. The number of carbonyl (C=O) groups is 1. The van der Waals surface area contributed by atoms with E-state index in [2.05, 4.69) is 10.6 Å². The lowest BCUT2D eigenvalue weighted by molar-refractivity contribution is -0.137. The molecule has 1 amide bonds. The van der Waals surface area contributed by atoms with Crippen LogP contribution in [0, 0.1) is 5.92 Å². The van der Waals surface area contributed by atoms with Gasteiger partial charge in [0, 0.05) is 5.54 Å². The first-order chi connectivity index (χ1) is 14.8. The molecule has 32 heavy (non-hydrogen) atoms. The highest BCUT2D eigenvalue weighted by Crippen LogP contribution is 2.51. The normalized spacial score (nSPS) is 22.7. The van der Waals surface area contributed by atoms with Crippen LogP contribution < -0.4 is 10.6 Å². The van der Waals surface area contributed by atoms with Crippen LogP contribution in [-0.4, -0.2) is 18.0 Å². The van der Waals surface area contributed by atoms with Crippen LogP contribution in [0.2, 0.25) is 5.02 Å². The van der Waals surface area contributed by atoms with Gasteiger partial charge in [0.15, 0.2) is 0 Å². The van der Waals surface area contributed by atoms with Crippen LogP contribution in [0.1, 0.15) is 40.4 Å². The fourth-order valence-electron chi connectivity index (χ4n) is 5.01. The highest BCUT2D eigenvalue weighted by atomic mass is 35.5. The predicted molar refractivity (Wildman–Crippen MR) is 121 cm³/mol. The average molecular weight is 481 g/mol. The first-order valence-corrected chi connectivity index (χ1v) is 10.5. The number of benzene rings is 3. The van der Waals surface area contributed by atoms with E-state index in [0.29, 0.717) is 5.92 Å². The molecule has 1 atom stereocenters. The fourth-order valence-corrected chi connectivity index (χ4v) is 5.33. The molecule has 2 N–H and O–H groups in total. The monoisotopic (exact) mass is 480 g/mol. The topological polar surface area (TPSA) is 41.1 Å². The molecule has 1 saturated carbocycles. The molecule has 3 aromatic rings. The van der Waals surface area contributed by atoms with Gasteiger partial charge in [-0.2, -0.15) is 13.2 Å². The SMILES string of the molecule is Cl.O=C(NC(c1ccc2ccccc2c1)C12CC(CN1)C2)c1cccc(C(F)(F)F)c1Cl. The molecule has 3 aliphatic rings. The first-order valence-electron chi connectivity index (χ1n) is 10.2. The summed E-state index contributed by atoms with van der Waals surface area (Å²) in [7, 11) is 0. The number of nitrogens with one attached hydrogen (secondary N) is 2. The molecule has 2 aliphatic heterocycles. The lowest BCUT2D eigenvalue weighted by Crippen LogP contribution is -2.54. The van der Waals surface area contributed by atoms with Gasteiger partial charge in [-0.05, 0) is 59.8 Å².